The first-order chi connectivity index (χ1) is 13.7. The van der Waals surface area contributed by atoms with Crippen molar-refractivity contribution in [3.05, 3.63) is 52.2 Å². The van der Waals surface area contributed by atoms with Gasteiger partial charge in [0.1, 0.15) is 0 Å². The van der Waals surface area contributed by atoms with Crippen LogP contribution in [0.1, 0.15) is 32.9 Å². The molecule has 2 aliphatic heterocycles. The summed E-state index contributed by atoms with van der Waals surface area (Å²) in [5.74, 6) is -0.133. The molecule has 0 radical (unpaired) electrons. The van der Waals surface area contributed by atoms with Crippen LogP contribution in [0.15, 0.2) is 41.8 Å². The van der Waals surface area contributed by atoms with E-state index < -0.39 is 0 Å². The van der Waals surface area contributed by atoms with Gasteiger partial charge in [-0.1, -0.05) is 12.1 Å². The molecule has 0 unspecified atom stereocenters. The van der Waals surface area contributed by atoms with Gasteiger partial charge in [-0.15, -0.1) is 11.3 Å². The molecule has 1 aromatic heterocycles. The van der Waals surface area contributed by atoms with Gasteiger partial charge in [0, 0.05) is 50.6 Å². The number of nitrogens with zero attached hydrogens (tertiary/aromatic N) is 2. The van der Waals surface area contributed by atoms with Crippen LogP contribution < -0.4 is 5.32 Å². The van der Waals surface area contributed by atoms with Crippen molar-refractivity contribution < 1.29 is 14.3 Å². The largest absolute Gasteiger partial charge is 0.377 e. The fourth-order valence-electron chi connectivity index (χ4n) is 3.72. The van der Waals surface area contributed by atoms with Gasteiger partial charge in [-0.2, -0.15) is 0 Å². The highest BCUT2D eigenvalue weighted by atomic mass is 32.1. The van der Waals surface area contributed by atoms with Crippen molar-refractivity contribution in [2.24, 2.45) is 0 Å². The molecule has 4 rings (SSSR count). The summed E-state index contributed by atoms with van der Waals surface area (Å²) in [6, 6.07) is 10.8. The SMILES string of the molecule is O=C(Nc1cccc(C(=O)N2CCN(C[C@H]3CCCO3)CC2)c1)c1cccs1. The number of anilines is 1. The Morgan fingerprint density at radius 3 is 2.71 bits per heavy atom. The van der Waals surface area contributed by atoms with E-state index in [1.165, 1.54) is 11.3 Å². The number of nitrogens with one attached hydrogen (secondary N) is 1. The van der Waals surface area contributed by atoms with Crippen LogP contribution in [-0.4, -0.2) is 67.0 Å². The minimum absolute atomic E-state index is 0.0176. The molecule has 6 nitrogen and oxygen atoms in total. The Morgan fingerprint density at radius 1 is 1.14 bits per heavy atom. The Balaban J connectivity index is 1.33. The van der Waals surface area contributed by atoms with E-state index in [-0.39, 0.29) is 11.8 Å². The van der Waals surface area contributed by atoms with E-state index in [4.69, 9.17) is 4.74 Å². The van der Waals surface area contributed by atoms with Crippen LogP contribution in [0.4, 0.5) is 5.69 Å². The van der Waals surface area contributed by atoms with E-state index in [0.717, 1.165) is 52.2 Å². The van der Waals surface area contributed by atoms with Crippen molar-refractivity contribution in [3.63, 3.8) is 0 Å². The number of hydrogen-bond acceptors (Lipinski definition) is 5. The Morgan fingerprint density at radius 2 is 2.00 bits per heavy atom. The quantitative estimate of drug-likeness (QED) is 0.840. The molecule has 2 aromatic rings. The summed E-state index contributed by atoms with van der Waals surface area (Å²) in [6.07, 6.45) is 2.65. The molecule has 0 aliphatic carbocycles. The van der Waals surface area contributed by atoms with E-state index >= 15 is 0 Å². The summed E-state index contributed by atoms with van der Waals surface area (Å²) < 4.78 is 5.71. The molecule has 0 bridgehead atoms. The molecule has 0 saturated carbocycles. The monoisotopic (exact) mass is 399 g/mol. The number of amides is 2. The van der Waals surface area contributed by atoms with Gasteiger partial charge in [0.05, 0.1) is 11.0 Å². The van der Waals surface area contributed by atoms with Crippen LogP contribution in [0.3, 0.4) is 0 Å². The van der Waals surface area contributed by atoms with Crippen LogP contribution in [-0.2, 0) is 4.74 Å². The van der Waals surface area contributed by atoms with Crippen molar-refractivity contribution in [1.29, 1.82) is 0 Å². The molecule has 2 amide bonds. The third kappa shape index (κ3) is 4.60. The second-order valence-corrected chi connectivity index (χ2v) is 8.19. The molecular formula is C21H25N3O3S. The smallest absolute Gasteiger partial charge is 0.265 e. The van der Waals surface area contributed by atoms with E-state index in [0.29, 0.717) is 22.2 Å². The average Bonchev–Trinajstić information content (AvgIpc) is 3.42. The number of rotatable bonds is 5. The first-order valence-corrected chi connectivity index (χ1v) is 10.7. The minimum atomic E-state index is -0.151. The topological polar surface area (TPSA) is 61.9 Å². The maximum absolute atomic E-state index is 12.9. The molecule has 3 heterocycles. The predicted octanol–water partition coefficient (Wildman–Crippen LogP) is 2.94. The van der Waals surface area contributed by atoms with Crippen molar-refractivity contribution >= 4 is 28.8 Å². The summed E-state index contributed by atoms with van der Waals surface area (Å²) in [4.78, 5) is 30.0. The van der Waals surface area contributed by atoms with Gasteiger partial charge in [-0.05, 0) is 42.5 Å². The van der Waals surface area contributed by atoms with Crippen LogP contribution in [0.25, 0.3) is 0 Å². The minimum Gasteiger partial charge on any atom is -0.377 e. The molecule has 1 atom stereocenters. The molecule has 7 heteroatoms. The van der Waals surface area contributed by atoms with Gasteiger partial charge in [-0.3, -0.25) is 14.5 Å². The van der Waals surface area contributed by atoms with Crippen LogP contribution in [0.5, 0.6) is 0 Å². The normalized spacial score (nSPS) is 20.3. The fraction of sp³-hybridized carbons (Fsp3) is 0.429. The summed E-state index contributed by atoms with van der Waals surface area (Å²) in [6.45, 7) is 5.03. The van der Waals surface area contributed by atoms with Crippen LogP contribution in [0, 0.1) is 0 Å². The number of carbonyl (C=O) groups is 2. The molecule has 1 N–H and O–H groups in total. The van der Waals surface area contributed by atoms with E-state index in [2.05, 4.69) is 10.2 Å². The van der Waals surface area contributed by atoms with Crippen molar-refractivity contribution in [2.75, 3.05) is 44.6 Å². The van der Waals surface area contributed by atoms with Crippen molar-refractivity contribution in [3.8, 4) is 0 Å². The maximum Gasteiger partial charge on any atom is 0.265 e. The molecule has 28 heavy (non-hydrogen) atoms. The molecule has 2 saturated heterocycles. The zero-order valence-electron chi connectivity index (χ0n) is 15.8. The lowest BCUT2D eigenvalue weighted by Gasteiger charge is -2.35. The predicted molar refractivity (Wildman–Crippen MR) is 110 cm³/mol. The third-order valence-electron chi connectivity index (χ3n) is 5.26. The van der Waals surface area contributed by atoms with E-state index in [1.54, 1.807) is 12.1 Å². The lowest BCUT2D eigenvalue weighted by atomic mass is 10.1. The molecule has 2 aliphatic rings. The average molecular weight is 400 g/mol. The number of piperazine rings is 1. The molecule has 148 valence electrons. The van der Waals surface area contributed by atoms with E-state index in [9.17, 15) is 9.59 Å². The summed E-state index contributed by atoms with van der Waals surface area (Å²) in [7, 11) is 0. The first-order valence-electron chi connectivity index (χ1n) is 9.77. The van der Waals surface area contributed by atoms with Crippen molar-refractivity contribution in [1.82, 2.24) is 9.80 Å². The summed E-state index contributed by atoms with van der Waals surface area (Å²) in [5, 5.41) is 4.74. The Kier molecular flexibility index (Phi) is 6.04. The number of carbonyl (C=O) groups excluding carboxylic acids is 2. The number of ether oxygens (including phenoxy) is 1. The van der Waals surface area contributed by atoms with Gasteiger partial charge < -0.3 is 15.0 Å². The molecule has 2 fully saturated rings. The number of benzene rings is 1. The highest BCUT2D eigenvalue weighted by molar-refractivity contribution is 7.12. The van der Waals surface area contributed by atoms with Crippen LogP contribution in [0.2, 0.25) is 0 Å². The Hall–Kier alpha value is -2.22. The zero-order valence-corrected chi connectivity index (χ0v) is 16.6. The lowest BCUT2D eigenvalue weighted by molar-refractivity contribution is 0.0432. The summed E-state index contributed by atoms with van der Waals surface area (Å²) >= 11 is 1.39. The highest BCUT2D eigenvalue weighted by Crippen LogP contribution is 2.18. The third-order valence-corrected chi connectivity index (χ3v) is 6.13. The number of thiophene rings is 1. The standard InChI is InChI=1S/C21H25N3O3S/c25-20(19-7-3-13-28-19)22-17-5-1-4-16(14-17)21(26)24-10-8-23(9-11-24)15-18-6-2-12-27-18/h1,3-5,7,13-14,18H,2,6,8-12,15H2,(H,22,25)/t18-/m1/s1. The second kappa shape index (κ2) is 8.86. The highest BCUT2D eigenvalue weighted by Gasteiger charge is 2.25. The second-order valence-electron chi connectivity index (χ2n) is 7.24. The Bertz CT molecular complexity index is 810. The van der Waals surface area contributed by atoms with Gasteiger partial charge >= 0.3 is 0 Å². The van der Waals surface area contributed by atoms with Gasteiger partial charge in [0.25, 0.3) is 11.8 Å². The van der Waals surface area contributed by atoms with Gasteiger partial charge in [0.2, 0.25) is 0 Å². The van der Waals surface area contributed by atoms with Gasteiger partial charge in [-0.25, -0.2) is 0 Å². The molecule has 1 aromatic carbocycles. The van der Waals surface area contributed by atoms with Gasteiger partial charge in [0.15, 0.2) is 0 Å². The van der Waals surface area contributed by atoms with Crippen LogP contribution >= 0.6 is 11.3 Å². The fourth-order valence-corrected chi connectivity index (χ4v) is 4.34. The molecular weight excluding hydrogens is 374 g/mol. The number of hydrogen-bond donors (Lipinski definition) is 1. The zero-order chi connectivity index (χ0) is 19.3. The van der Waals surface area contributed by atoms with Crippen molar-refractivity contribution in [2.45, 2.75) is 18.9 Å². The first kappa shape index (κ1) is 19.1. The maximum atomic E-state index is 12.9. The Labute approximate surface area is 169 Å². The molecule has 0 spiro atoms. The van der Waals surface area contributed by atoms with E-state index in [1.807, 2.05) is 34.5 Å². The summed E-state index contributed by atoms with van der Waals surface area (Å²) in [5.41, 5.74) is 1.25. The lowest BCUT2D eigenvalue weighted by Crippen LogP contribution is -2.50.